The number of carbonyl (C=O) groups excluding carboxylic acids is 1. The summed E-state index contributed by atoms with van der Waals surface area (Å²) >= 11 is 0. The van der Waals surface area contributed by atoms with Gasteiger partial charge in [0.15, 0.2) is 0 Å². The molecule has 2 atom stereocenters. The van der Waals surface area contributed by atoms with Gasteiger partial charge in [-0.1, -0.05) is 18.2 Å². The summed E-state index contributed by atoms with van der Waals surface area (Å²) in [4.78, 5) is 22.0. The smallest absolute Gasteiger partial charge is 0.267 e. The lowest BCUT2D eigenvalue weighted by molar-refractivity contribution is -0.384. The zero-order valence-corrected chi connectivity index (χ0v) is 10.7. The van der Waals surface area contributed by atoms with E-state index in [1.165, 1.54) is 24.3 Å². The molecule has 1 aromatic rings. The molecule has 1 saturated carbocycles. The molecule has 2 aliphatic carbocycles. The molecule has 0 aliphatic heterocycles. The largest absolute Gasteiger partial charge is 0.271 e. The van der Waals surface area contributed by atoms with Crippen molar-refractivity contribution in [1.29, 1.82) is 0 Å². The zero-order chi connectivity index (χ0) is 14.1. The van der Waals surface area contributed by atoms with Gasteiger partial charge in [0.25, 0.3) is 11.6 Å². The van der Waals surface area contributed by atoms with Crippen molar-refractivity contribution in [2.45, 2.75) is 12.8 Å². The Kier molecular flexibility index (Phi) is 3.06. The number of amides is 1. The first-order chi connectivity index (χ1) is 9.65. The van der Waals surface area contributed by atoms with Crippen LogP contribution < -0.4 is 5.43 Å². The van der Waals surface area contributed by atoms with Crippen molar-refractivity contribution in [2.24, 2.45) is 16.9 Å². The molecule has 2 aliphatic rings. The van der Waals surface area contributed by atoms with Crippen molar-refractivity contribution in [3.05, 3.63) is 52.1 Å². The summed E-state index contributed by atoms with van der Waals surface area (Å²) in [5, 5.41) is 14.8. The van der Waals surface area contributed by atoms with Crippen LogP contribution in [-0.2, 0) is 0 Å². The molecule has 0 radical (unpaired) electrons. The van der Waals surface area contributed by atoms with Gasteiger partial charge in [0.2, 0.25) is 0 Å². The monoisotopic (exact) mass is 271 g/mol. The van der Waals surface area contributed by atoms with E-state index in [2.05, 4.69) is 22.7 Å². The second kappa shape index (κ2) is 4.88. The standard InChI is InChI=1S/C14H13N3O3/c18-14(10-4-1-5-11(7-10)17(19)20)16-15-13-8-9-3-2-6-12(9)13/h1-5,7,9,12H,6,8H2,(H,16,18)/b15-13+/t9-,12+/m1/s1. The third-order valence-electron chi connectivity index (χ3n) is 3.78. The van der Waals surface area contributed by atoms with Gasteiger partial charge in [-0.15, -0.1) is 0 Å². The molecule has 6 nitrogen and oxygen atoms in total. The van der Waals surface area contributed by atoms with Crippen LogP contribution in [0, 0.1) is 22.0 Å². The average Bonchev–Trinajstić information content (AvgIpc) is 2.80. The van der Waals surface area contributed by atoms with E-state index in [0.29, 0.717) is 11.8 Å². The summed E-state index contributed by atoms with van der Waals surface area (Å²) in [7, 11) is 0. The highest BCUT2D eigenvalue weighted by atomic mass is 16.6. The first kappa shape index (κ1) is 12.5. The fourth-order valence-electron chi connectivity index (χ4n) is 2.61. The van der Waals surface area contributed by atoms with Crippen molar-refractivity contribution < 1.29 is 9.72 Å². The van der Waals surface area contributed by atoms with Crippen LogP contribution in [0.15, 0.2) is 41.5 Å². The van der Waals surface area contributed by atoms with Crippen molar-refractivity contribution >= 4 is 17.3 Å². The van der Waals surface area contributed by atoms with Gasteiger partial charge < -0.3 is 0 Å². The molecule has 0 bridgehead atoms. The third-order valence-corrected chi connectivity index (χ3v) is 3.78. The molecule has 1 aromatic carbocycles. The van der Waals surface area contributed by atoms with E-state index in [1.807, 2.05) is 0 Å². The zero-order valence-electron chi connectivity index (χ0n) is 10.7. The molecule has 0 unspecified atom stereocenters. The van der Waals surface area contributed by atoms with Crippen LogP contribution in [-0.4, -0.2) is 16.5 Å². The normalized spacial score (nSPS) is 25.1. The lowest BCUT2D eigenvalue weighted by atomic mass is 9.74. The second-order valence-electron chi connectivity index (χ2n) is 4.99. The van der Waals surface area contributed by atoms with Gasteiger partial charge in [-0.3, -0.25) is 14.9 Å². The number of nitrogens with zero attached hydrogens (tertiary/aromatic N) is 2. The van der Waals surface area contributed by atoms with Gasteiger partial charge in [-0.05, 0) is 24.8 Å². The molecule has 6 heteroatoms. The Labute approximate surface area is 115 Å². The molecule has 0 spiro atoms. The Hall–Kier alpha value is -2.50. The Balaban J connectivity index is 1.66. The Morgan fingerprint density at radius 3 is 3.05 bits per heavy atom. The number of nitro benzene ring substituents is 1. The number of non-ortho nitro benzene ring substituents is 1. The SMILES string of the molecule is O=C(N/N=C1\C[C@H]2C=CC[C@H]12)c1cccc([N+](=O)[O-])c1. The number of fused-ring (bicyclic) bond motifs is 1. The van der Waals surface area contributed by atoms with E-state index in [4.69, 9.17) is 0 Å². The molecule has 0 heterocycles. The summed E-state index contributed by atoms with van der Waals surface area (Å²) in [6.07, 6.45) is 6.19. The molecule has 1 fully saturated rings. The molecular weight excluding hydrogens is 258 g/mol. The van der Waals surface area contributed by atoms with Gasteiger partial charge in [0, 0.05) is 29.3 Å². The molecule has 0 aromatic heterocycles. The number of benzene rings is 1. The average molecular weight is 271 g/mol. The van der Waals surface area contributed by atoms with Crippen molar-refractivity contribution in [3.8, 4) is 0 Å². The first-order valence-corrected chi connectivity index (χ1v) is 6.43. The fourth-order valence-corrected chi connectivity index (χ4v) is 2.61. The first-order valence-electron chi connectivity index (χ1n) is 6.43. The van der Waals surface area contributed by atoms with Gasteiger partial charge in [-0.25, -0.2) is 5.43 Å². The minimum absolute atomic E-state index is 0.103. The number of nitro groups is 1. The lowest BCUT2D eigenvalue weighted by Crippen LogP contribution is -2.35. The predicted molar refractivity (Wildman–Crippen MR) is 73.4 cm³/mol. The summed E-state index contributed by atoms with van der Waals surface area (Å²) < 4.78 is 0. The maximum absolute atomic E-state index is 11.9. The van der Waals surface area contributed by atoms with Crippen LogP contribution in [0.3, 0.4) is 0 Å². The maximum atomic E-state index is 11.9. The van der Waals surface area contributed by atoms with Crippen LogP contribution in [0.2, 0.25) is 0 Å². The third kappa shape index (κ3) is 2.20. The molecule has 3 rings (SSSR count). The number of hydrazone groups is 1. The van der Waals surface area contributed by atoms with E-state index in [-0.39, 0.29) is 11.3 Å². The highest BCUT2D eigenvalue weighted by molar-refractivity contribution is 5.98. The second-order valence-corrected chi connectivity index (χ2v) is 4.99. The number of hydrogen-bond acceptors (Lipinski definition) is 4. The van der Waals surface area contributed by atoms with Crippen molar-refractivity contribution in [2.75, 3.05) is 0 Å². The highest BCUT2D eigenvalue weighted by Gasteiger charge is 2.38. The van der Waals surface area contributed by atoms with E-state index in [9.17, 15) is 14.9 Å². The van der Waals surface area contributed by atoms with E-state index in [1.54, 1.807) is 0 Å². The predicted octanol–water partition coefficient (Wildman–Crippen LogP) is 2.28. The van der Waals surface area contributed by atoms with Gasteiger partial charge in [0.1, 0.15) is 0 Å². The molecule has 0 saturated heterocycles. The van der Waals surface area contributed by atoms with Crippen LogP contribution in [0.5, 0.6) is 0 Å². The number of allylic oxidation sites excluding steroid dienone is 2. The maximum Gasteiger partial charge on any atom is 0.271 e. The van der Waals surface area contributed by atoms with Gasteiger partial charge in [-0.2, -0.15) is 5.10 Å². The lowest BCUT2D eigenvalue weighted by Gasteiger charge is -2.31. The summed E-state index contributed by atoms with van der Waals surface area (Å²) in [6, 6.07) is 5.61. The topological polar surface area (TPSA) is 84.6 Å². The fraction of sp³-hybridized carbons (Fsp3) is 0.286. The van der Waals surface area contributed by atoms with Crippen LogP contribution >= 0.6 is 0 Å². The van der Waals surface area contributed by atoms with Crippen LogP contribution in [0.4, 0.5) is 5.69 Å². The Morgan fingerprint density at radius 1 is 1.45 bits per heavy atom. The van der Waals surface area contributed by atoms with E-state index in [0.717, 1.165) is 18.6 Å². The number of rotatable bonds is 3. The number of nitrogens with one attached hydrogen (secondary N) is 1. The Morgan fingerprint density at radius 2 is 2.30 bits per heavy atom. The van der Waals surface area contributed by atoms with Crippen molar-refractivity contribution in [3.63, 3.8) is 0 Å². The summed E-state index contributed by atoms with van der Waals surface area (Å²) in [5.41, 5.74) is 3.61. The van der Waals surface area contributed by atoms with Crippen LogP contribution in [0.1, 0.15) is 23.2 Å². The number of carbonyl (C=O) groups is 1. The molecule has 102 valence electrons. The Bertz CT molecular complexity index is 636. The van der Waals surface area contributed by atoms with E-state index < -0.39 is 10.8 Å². The minimum Gasteiger partial charge on any atom is -0.267 e. The molecule has 1 amide bonds. The van der Waals surface area contributed by atoms with Crippen molar-refractivity contribution in [1.82, 2.24) is 5.43 Å². The van der Waals surface area contributed by atoms with Crippen LogP contribution in [0.25, 0.3) is 0 Å². The summed E-state index contributed by atoms with van der Waals surface area (Å²) in [6.45, 7) is 0. The van der Waals surface area contributed by atoms with Gasteiger partial charge in [0.05, 0.1) is 4.92 Å². The van der Waals surface area contributed by atoms with E-state index >= 15 is 0 Å². The molecule has 20 heavy (non-hydrogen) atoms. The highest BCUT2D eigenvalue weighted by Crippen LogP contribution is 2.40. The quantitative estimate of drug-likeness (QED) is 0.520. The minimum atomic E-state index is -0.524. The number of hydrogen-bond donors (Lipinski definition) is 1. The van der Waals surface area contributed by atoms with Gasteiger partial charge >= 0.3 is 0 Å². The molecular formula is C14H13N3O3. The summed E-state index contributed by atoms with van der Waals surface area (Å²) in [5.74, 6) is 0.583. The molecule has 1 N–H and O–H groups in total.